The molecule has 2 aromatic rings. The molecule has 2 aliphatic rings. The van der Waals surface area contributed by atoms with Crippen LogP contribution in [0.15, 0.2) is 23.8 Å². The van der Waals surface area contributed by atoms with Gasteiger partial charge >= 0.3 is 0 Å². The van der Waals surface area contributed by atoms with Crippen molar-refractivity contribution in [3.05, 3.63) is 34.3 Å². The van der Waals surface area contributed by atoms with Crippen LogP contribution in [0.3, 0.4) is 0 Å². The Morgan fingerprint density at radius 1 is 1.33 bits per heavy atom. The van der Waals surface area contributed by atoms with E-state index in [4.69, 9.17) is 0 Å². The van der Waals surface area contributed by atoms with Gasteiger partial charge in [0, 0.05) is 51.2 Å². The summed E-state index contributed by atoms with van der Waals surface area (Å²) in [7, 11) is 3.92. The minimum absolute atomic E-state index is 0.0861. The van der Waals surface area contributed by atoms with Gasteiger partial charge in [-0.3, -0.25) is 4.79 Å². The third kappa shape index (κ3) is 2.73. The zero-order valence-corrected chi connectivity index (χ0v) is 14.8. The van der Waals surface area contributed by atoms with E-state index in [1.54, 1.807) is 17.7 Å². The number of thiophene rings is 1. The second-order valence-electron chi connectivity index (χ2n) is 6.61. The Morgan fingerprint density at radius 2 is 2.17 bits per heavy atom. The van der Waals surface area contributed by atoms with E-state index in [2.05, 4.69) is 26.3 Å². The highest BCUT2D eigenvalue weighted by atomic mass is 32.1. The van der Waals surface area contributed by atoms with Gasteiger partial charge < -0.3 is 14.7 Å². The van der Waals surface area contributed by atoms with Gasteiger partial charge in [-0.25, -0.2) is 9.97 Å². The largest absolute Gasteiger partial charge is 0.363 e. The van der Waals surface area contributed by atoms with E-state index in [0.717, 1.165) is 44.2 Å². The van der Waals surface area contributed by atoms with Gasteiger partial charge in [-0.1, -0.05) is 0 Å². The summed E-state index contributed by atoms with van der Waals surface area (Å²) in [6, 6.07) is 4.12. The predicted molar refractivity (Wildman–Crippen MR) is 95.5 cm³/mol. The topological polar surface area (TPSA) is 52.6 Å². The van der Waals surface area contributed by atoms with Gasteiger partial charge in [0.25, 0.3) is 0 Å². The van der Waals surface area contributed by atoms with Crippen molar-refractivity contribution < 1.29 is 4.79 Å². The molecule has 7 heteroatoms. The highest BCUT2D eigenvalue weighted by Crippen LogP contribution is 2.29. The Labute approximate surface area is 145 Å². The van der Waals surface area contributed by atoms with Crippen LogP contribution in [-0.4, -0.2) is 54.5 Å². The van der Waals surface area contributed by atoms with Crippen molar-refractivity contribution >= 4 is 28.9 Å². The SMILES string of the molecule is CN(C)c1cc(N2CC(C(=O)N3CCc4sccc4C3)C2)ncn1. The monoisotopic (exact) mass is 343 g/mol. The molecule has 0 spiro atoms. The number of amides is 1. The molecule has 24 heavy (non-hydrogen) atoms. The van der Waals surface area contributed by atoms with Crippen molar-refractivity contribution in [1.29, 1.82) is 0 Å². The van der Waals surface area contributed by atoms with Gasteiger partial charge in [0.05, 0.1) is 5.92 Å². The van der Waals surface area contributed by atoms with Crippen LogP contribution < -0.4 is 9.80 Å². The first-order chi connectivity index (χ1) is 11.6. The highest BCUT2D eigenvalue weighted by Gasteiger charge is 2.37. The summed E-state index contributed by atoms with van der Waals surface area (Å²) in [6.07, 6.45) is 2.58. The second-order valence-corrected chi connectivity index (χ2v) is 7.61. The lowest BCUT2D eigenvalue weighted by atomic mass is 9.97. The summed E-state index contributed by atoms with van der Waals surface area (Å²) in [5.41, 5.74) is 1.32. The lowest BCUT2D eigenvalue weighted by Crippen LogP contribution is -2.55. The molecule has 0 unspecified atom stereocenters. The Kier molecular flexibility index (Phi) is 3.88. The lowest BCUT2D eigenvalue weighted by Gasteiger charge is -2.42. The Morgan fingerprint density at radius 3 is 2.96 bits per heavy atom. The number of hydrogen-bond donors (Lipinski definition) is 0. The van der Waals surface area contributed by atoms with Crippen LogP contribution in [0.25, 0.3) is 0 Å². The van der Waals surface area contributed by atoms with E-state index in [1.165, 1.54) is 10.4 Å². The Balaban J connectivity index is 1.37. The molecule has 0 bridgehead atoms. The van der Waals surface area contributed by atoms with Crippen molar-refractivity contribution in [2.75, 3.05) is 43.5 Å². The number of carbonyl (C=O) groups excluding carboxylic acids is 1. The molecule has 0 saturated carbocycles. The molecule has 0 atom stereocenters. The number of hydrogen-bond acceptors (Lipinski definition) is 6. The molecule has 4 heterocycles. The number of rotatable bonds is 3. The van der Waals surface area contributed by atoms with Crippen LogP contribution in [0.4, 0.5) is 11.6 Å². The maximum absolute atomic E-state index is 12.7. The predicted octanol–water partition coefficient (Wildman–Crippen LogP) is 1.63. The van der Waals surface area contributed by atoms with E-state index in [0.29, 0.717) is 0 Å². The Bertz CT molecular complexity index is 753. The van der Waals surface area contributed by atoms with Crippen LogP contribution in [0.5, 0.6) is 0 Å². The van der Waals surface area contributed by atoms with Gasteiger partial charge in [-0.05, 0) is 23.4 Å². The number of aromatic nitrogens is 2. The van der Waals surface area contributed by atoms with E-state index >= 15 is 0 Å². The van der Waals surface area contributed by atoms with Gasteiger partial charge in [-0.15, -0.1) is 11.3 Å². The first-order valence-electron chi connectivity index (χ1n) is 8.20. The van der Waals surface area contributed by atoms with Crippen molar-refractivity contribution in [1.82, 2.24) is 14.9 Å². The normalized spacial score (nSPS) is 17.4. The fourth-order valence-corrected chi connectivity index (χ4v) is 4.16. The zero-order valence-electron chi connectivity index (χ0n) is 14.0. The summed E-state index contributed by atoms with van der Waals surface area (Å²) in [4.78, 5) is 28.9. The minimum atomic E-state index is 0.0861. The number of carbonyl (C=O) groups is 1. The summed E-state index contributed by atoms with van der Waals surface area (Å²) in [5, 5.41) is 2.13. The quantitative estimate of drug-likeness (QED) is 0.848. The van der Waals surface area contributed by atoms with Gasteiger partial charge in [0.2, 0.25) is 5.91 Å². The summed E-state index contributed by atoms with van der Waals surface area (Å²) >= 11 is 1.80. The van der Waals surface area contributed by atoms with Crippen LogP contribution in [0.2, 0.25) is 0 Å². The second kappa shape index (κ2) is 6.05. The number of fused-ring (bicyclic) bond motifs is 1. The van der Waals surface area contributed by atoms with Crippen molar-refractivity contribution in [3.63, 3.8) is 0 Å². The molecule has 126 valence electrons. The van der Waals surface area contributed by atoms with Crippen molar-refractivity contribution in [2.45, 2.75) is 13.0 Å². The van der Waals surface area contributed by atoms with E-state index in [-0.39, 0.29) is 11.8 Å². The van der Waals surface area contributed by atoms with Crippen LogP contribution in [0, 0.1) is 5.92 Å². The first kappa shape index (κ1) is 15.4. The maximum atomic E-state index is 12.7. The number of anilines is 2. The van der Waals surface area contributed by atoms with Crippen LogP contribution in [0.1, 0.15) is 10.4 Å². The molecule has 2 aromatic heterocycles. The maximum Gasteiger partial charge on any atom is 0.229 e. The average Bonchev–Trinajstić information content (AvgIpc) is 3.01. The van der Waals surface area contributed by atoms with Crippen molar-refractivity contribution in [2.24, 2.45) is 5.92 Å². The molecule has 0 aliphatic carbocycles. The molecule has 1 amide bonds. The first-order valence-corrected chi connectivity index (χ1v) is 9.08. The third-order valence-corrected chi connectivity index (χ3v) is 5.79. The molecular formula is C17H21N5OS. The fourth-order valence-electron chi connectivity index (χ4n) is 3.27. The molecule has 1 saturated heterocycles. The van der Waals surface area contributed by atoms with Crippen molar-refractivity contribution in [3.8, 4) is 0 Å². The zero-order chi connectivity index (χ0) is 16.7. The average molecular weight is 343 g/mol. The van der Waals surface area contributed by atoms with Crippen LogP contribution in [-0.2, 0) is 17.8 Å². The molecule has 2 aliphatic heterocycles. The minimum Gasteiger partial charge on any atom is -0.363 e. The lowest BCUT2D eigenvalue weighted by molar-refractivity contribution is -0.137. The molecule has 4 rings (SSSR count). The standard InChI is InChI=1S/C17H21N5OS/c1-20(2)15-7-16(19-11-18-15)22-9-13(10-22)17(23)21-5-3-14-12(8-21)4-6-24-14/h4,6-7,11,13H,3,5,8-10H2,1-2H3. The summed E-state index contributed by atoms with van der Waals surface area (Å²) in [5.74, 6) is 2.15. The Hall–Kier alpha value is -2.15. The molecule has 0 N–H and O–H groups in total. The third-order valence-electron chi connectivity index (χ3n) is 4.77. The van der Waals surface area contributed by atoms with Crippen LogP contribution >= 0.6 is 11.3 Å². The van der Waals surface area contributed by atoms with Gasteiger partial charge in [0.15, 0.2) is 0 Å². The fraction of sp³-hybridized carbons (Fsp3) is 0.471. The molecular weight excluding hydrogens is 322 g/mol. The van der Waals surface area contributed by atoms with Gasteiger partial charge in [0.1, 0.15) is 18.0 Å². The summed E-state index contributed by atoms with van der Waals surface area (Å²) < 4.78 is 0. The molecule has 0 radical (unpaired) electrons. The summed E-state index contributed by atoms with van der Waals surface area (Å²) in [6.45, 7) is 3.11. The molecule has 1 fully saturated rings. The molecule has 6 nitrogen and oxygen atoms in total. The highest BCUT2D eigenvalue weighted by molar-refractivity contribution is 7.10. The number of nitrogens with zero attached hydrogens (tertiary/aromatic N) is 5. The van der Waals surface area contributed by atoms with E-state index in [1.807, 2.05) is 30.0 Å². The van der Waals surface area contributed by atoms with Gasteiger partial charge in [-0.2, -0.15) is 0 Å². The van der Waals surface area contributed by atoms with E-state index in [9.17, 15) is 4.79 Å². The van der Waals surface area contributed by atoms with E-state index < -0.39 is 0 Å². The molecule has 0 aromatic carbocycles. The smallest absolute Gasteiger partial charge is 0.229 e.